The first-order valence-corrected chi connectivity index (χ1v) is 22.7. The first-order chi connectivity index (χ1) is 33.4. The summed E-state index contributed by atoms with van der Waals surface area (Å²) < 4.78 is 169. The Bertz CT molecular complexity index is 2920. The first kappa shape index (κ1) is 51.9. The third kappa shape index (κ3) is 8.81. The van der Waals surface area contributed by atoms with Crippen LogP contribution in [0.5, 0.6) is 0 Å². The molecule has 0 spiro atoms. The quantitative estimate of drug-likeness (QED) is 0.122. The van der Waals surface area contributed by atoms with E-state index in [2.05, 4.69) is 11.0 Å². The molecular formula is C46H32Cl4F12N4O6. The lowest BCUT2D eigenvalue weighted by atomic mass is 9.88. The molecule has 10 nitrogen and oxygen atoms in total. The van der Waals surface area contributed by atoms with Crippen LogP contribution in [0.3, 0.4) is 0 Å². The van der Waals surface area contributed by atoms with E-state index in [0.29, 0.717) is 35.4 Å². The van der Waals surface area contributed by atoms with Crippen LogP contribution in [-0.4, -0.2) is 82.1 Å². The average molecular weight is 1110 g/mol. The van der Waals surface area contributed by atoms with Gasteiger partial charge in [0.2, 0.25) is 11.2 Å². The molecule has 3 fully saturated rings. The number of nitrogens with one attached hydrogen (secondary N) is 2. The van der Waals surface area contributed by atoms with Crippen molar-refractivity contribution in [2.75, 3.05) is 26.2 Å². The highest BCUT2D eigenvalue weighted by atomic mass is 35.5. The zero-order valence-electron chi connectivity index (χ0n) is 35.9. The van der Waals surface area contributed by atoms with Gasteiger partial charge in [-0.05, 0) is 65.1 Å². The predicted molar refractivity (Wildman–Crippen MR) is 233 cm³/mol. The molecule has 0 bridgehead atoms. The number of halogens is 16. The smallest absolute Gasteiger partial charge is 0.383 e. The molecule has 9 rings (SSSR count). The van der Waals surface area contributed by atoms with Crippen molar-refractivity contribution in [3.8, 4) is 0 Å². The number of hydrogen-bond donors (Lipinski definition) is 4. The molecule has 4 aromatic rings. The number of rotatable bonds is 9. The molecule has 2 saturated heterocycles. The second-order valence-corrected chi connectivity index (χ2v) is 19.5. The third-order valence-corrected chi connectivity index (χ3v) is 15.0. The minimum atomic E-state index is -5.27. The molecule has 5 unspecified atom stereocenters. The van der Waals surface area contributed by atoms with Crippen molar-refractivity contribution < 1.29 is 82.2 Å². The van der Waals surface area contributed by atoms with E-state index in [0.717, 1.165) is 0 Å². The van der Waals surface area contributed by atoms with Crippen molar-refractivity contribution in [2.45, 2.75) is 65.9 Å². The van der Waals surface area contributed by atoms with Gasteiger partial charge in [-0.2, -0.15) is 52.7 Å². The summed E-state index contributed by atoms with van der Waals surface area (Å²) in [7, 11) is 0. The van der Waals surface area contributed by atoms with Gasteiger partial charge in [-0.1, -0.05) is 94.9 Å². The van der Waals surface area contributed by atoms with Crippen LogP contribution in [0.1, 0.15) is 62.8 Å². The van der Waals surface area contributed by atoms with Crippen molar-refractivity contribution in [3.63, 3.8) is 0 Å². The van der Waals surface area contributed by atoms with Gasteiger partial charge in [0.1, 0.15) is 11.7 Å². The molecule has 5 atom stereocenters. The summed E-state index contributed by atoms with van der Waals surface area (Å²) in [6.45, 7) is 0.413. The average Bonchev–Trinajstić information content (AvgIpc) is 3.56. The SMILES string of the molecule is O=C(C(O)C1CC1(O)C(=O)N1CC(c2ccc(C3=CC(c4cc(Cl)c(Cl)c(C(F)(F)F)c4)(C(F)(F)F)ON3)cc2)C1)N1CC(c2ccc(C3=CC(c4cc(Cl)c(Cl)c(C(F)(F)F)c4)(C(F)(F)F)ON3)cc2)C1. The maximum Gasteiger partial charge on any atom is 0.428 e. The molecule has 4 heterocycles. The van der Waals surface area contributed by atoms with Crippen molar-refractivity contribution in [3.05, 3.63) is 150 Å². The summed E-state index contributed by atoms with van der Waals surface area (Å²) in [5.74, 6) is -3.17. The van der Waals surface area contributed by atoms with E-state index in [9.17, 15) is 72.5 Å². The van der Waals surface area contributed by atoms with E-state index in [1.807, 2.05) is 0 Å². The molecule has 0 aromatic heterocycles. The monoisotopic (exact) mass is 1100 g/mol. The zero-order chi connectivity index (χ0) is 52.5. The number of aliphatic hydroxyl groups excluding tert-OH is 1. The van der Waals surface area contributed by atoms with Crippen LogP contribution in [-0.2, 0) is 42.8 Å². The number of carbonyl (C=O) groups is 2. The summed E-state index contributed by atoms with van der Waals surface area (Å²) in [6.07, 6.45) is -21.6. The van der Waals surface area contributed by atoms with Gasteiger partial charge < -0.3 is 20.0 Å². The predicted octanol–water partition coefficient (Wildman–Crippen LogP) is 10.7. The van der Waals surface area contributed by atoms with Gasteiger partial charge in [0.25, 0.3) is 11.8 Å². The number of alkyl halides is 12. The molecule has 1 saturated carbocycles. The Morgan fingerprint density at radius 1 is 0.611 bits per heavy atom. The summed E-state index contributed by atoms with van der Waals surface area (Å²) in [5, 5.41) is 18.6. The number of aliphatic hydroxyl groups is 2. The minimum Gasteiger partial charge on any atom is -0.383 e. The zero-order valence-corrected chi connectivity index (χ0v) is 38.9. The molecule has 72 heavy (non-hydrogen) atoms. The Balaban J connectivity index is 0.785. The van der Waals surface area contributed by atoms with Gasteiger partial charge in [-0.15, -0.1) is 0 Å². The van der Waals surface area contributed by atoms with E-state index in [1.165, 1.54) is 34.1 Å². The molecule has 4 aromatic carbocycles. The van der Waals surface area contributed by atoms with Crippen LogP contribution in [0.15, 0.2) is 84.9 Å². The lowest BCUT2D eigenvalue weighted by Gasteiger charge is -2.42. The van der Waals surface area contributed by atoms with E-state index in [4.69, 9.17) is 56.1 Å². The number of hydroxylamine groups is 2. The summed E-state index contributed by atoms with van der Waals surface area (Å²) >= 11 is 23.0. The summed E-state index contributed by atoms with van der Waals surface area (Å²) in [5.41, 5.74) is -8.48. The van der Waals surface area contributed by atoms with Crippen LogP contribution in [0.25, 0.3) is 11.4 Å². The molecule has 26 heteroatoms. The fourth-order valence-electron chi connectivity index (χ4n) is 9.11. The maximum atomic E-state index is 14.6. The van der Waals surface area contributed by atoms with Gasteiger partial charge in [0, 0.05) is 55.1 Å². The number of hydrogen-bond acceptors (Lipinski definition) is 8. The highest BCUT2D eigenvalue weighted by Crippen LogP contribution is 2.53. The van der Waals surface area contributed by atoms with Crippen LogP contribution >= 0.6 is 46.4 Å². The fourth-order valence-corrected chi connectivity index (χ4v) is 9.98. The lowest BCUT2D eigenvalue weighted by Crippen LogP contribution is -2.55. The minimum absolute atomic E-state index is 0.102. The van der Waals surface area contributed by atoms with Crippen LogP contribution in [0.4, 0.5) is 52.7 Å². The standard InChI is InChI=1S/C46H32Cl4F12N4O6/c47-31-11-26(9-28(35(31)49)43(51,52)53)41(45(57,58)59)14-33(63-71-41)22-5-1-20(2-6-22)24-16-65(17-24)38(68)37(67)30-13-40(30,70)39(69)66-18-25(19-66)21-3-7-23(8-4-21)34-15-42(72-64-34,46(60,61)62)27-10-29(44(54,55)56)36(50)32(48)12-27/h1-12,14-15,24-25,30,37,63-64,67,70H,13,16-19H2. The summed E-state index contributed by atoms with van der Waals surface area (Å²) in [4.78, 5) is 39.2. The van der Waals surface area contributed by atoms with Crippen LogP contribution in [0, 0.1) is 5.92 Å². The van der Waals surface area contributed by atoms with E-state index >= 15 is 0 Å². The maximum absolute atomic E-state index is 14.6. The molecular weight excluding hydrogens is 1070 g/mol. The lowest BCUT2D eigenvalue weighted by molar-refractivity contribution is -0.269. The van der Waals surface area contributed by atoms with Crippen molar-refractivity contribution in [2.24, 2.45) is 5.92 Å². The Labute approximate surface area is 418 Å². The molecule has 1 aliphatic carbocycles. The molecule has 4 N–H and O–H groups in total. The van der Waals surface area contributed by atoms with E-state index < -0.39 is 108 Å². The Morgan fingerprint density at radius 2 is 0.986 bits per heavy atom. The van der Waals surface area contributed by atoms with Crippen LogP contribution in [0.2, 0.25) is 20.1 Å². The van der Waals surface area contributed by atoms with Gasteiger partial charge >= 0.3 is 24.7 Å². The highest BCUT2D eigenvalue weighted by Gasteiger charge is 2.66. The van der Waals surface area contributed by atoms with E-state index in [-0.39, 0.29) is 79.1 Å². The summed E-state index contributed by atoms with van der Waals surface area (Å²) in [6, 6.07) is 13.7. The Kier molecular flexibility index (Phi) is 12.7. The fraction of sp³-hybridized carbons (Fsp3) is 0.348. The molecule has 5 aliphatic rings. The van der Waals surface area contributed by atoms with Gasteiger partial charge in [-0.25, -0.2) is 0 Å². The number of amides is 2. The number of carbonyl (C=O) groups excluding carboxylic acids is 2. The van der Waals surface area contributed by atoms with Gasteiger partial charge in [-0.3, -0.25) is 30.2 Å². The van der Waals surface area contributed by atoms with Crippen molar-refractivity contribution in [1.29, 1.82) is 0 Å². The molecule has 0 radical (unpaired) electrons. The molecule has 4 aliphatic heterocycles. The number of benzene rings is 4. The largest absolute Gasteiger partial charge is 0.428 e. The first-order valence-electron chi connectivity index (χ1n) is 21.2. The second kappa shape index (κ2) is 17.6. The normalized spacial score (nSPS) is 25.3. The highest BCUT2D eigenvalue weighted by molar-refractivity contribution is 6.43. The van der Waals surface area contributed by atoms with Gasteiger partial charge in [0.05, 0.1) is 42.6 Å². The second-order valence-electron chi connectivity index (χ2n) is 17.9. The molecule has 2 amide bonds. The Hall–Kier alpha value is -4.94. The van der Waals surface area contributed by atoms with Crippen molar-refractivity contribution in [1.82, 2.24) is 20.8 Å². The third-order valence-electron chi connectivity index (χ3n) is 13.4. The van der Waals surface area contributed by atoms with Crippen LogP contribution < -0.4 is 11.0 Å². The topological polar surface area (TPSA) is 124 Å². The number of nitrogens with zero attached hydrogens (tertiary/aromatic N) is 2. The van der Waals surface area contributed by atoms with Gasteiger partial charge in [0.15, 0.2) is 0 Å². The van der Waals surface area contributed by atoms with Crippen molar-refractivity contribution >= 4 is 69.6 Å². The molecule has 384 valence electrons. The Morgan fingerprint density at radius 3 is 1.35 bits per heavy atom. The van der Waals surface area contributed by atoms with E-state index in [1.54, 1.807) is 24.3 Å². The number of likely N-dealkylation sites (tertiary alicyclic amines) is 2.